The van der Waals surface area contributed by atoms with E-state index >= 15 is 0 Å². The summed E-state index contributed by atoms with van der Waals surface area (Å²) in [6, 6.07) is 13.5. The van der Waals surface area contributed by atoms with Crippen LogP contribution in [0.2, 0.25) is 0 Å². The fraction of sp³-hybridized carbons (Fsp3) is 0.391. The van der Waals surface area contributed by atoms with Crippen molar-refractivity contribution < 1.29 is 14.3 Å². The van der Waals surface area contributed by atoms with E-state index in [1.54, 1.807) is 0 Å². The normalized spacial score (nSPS) is 10.8. The second kappa shape index (κ2) is 9.93. The van der Waals surface area contributed by atoms with Gasteiger partial charge in [-0.25, -0.2) is 0 Å². The number of benzene rings is 2. The Hall–Kier alpha value is -2.82. The number of aryl methyl sites for hydroxylation is 1. The van der Waals surface area contributed by atoms with Crippen molar-refractivity contribution in [3.05, 3.63) is 59.2 Å². The van der Waals surface area contributed by atoms with Crippen LogP contribution in [0.1, 0.15) is 56.2 Å². The summed E-state index contributed by atoms with van der Waals surface area (Å²) in [7, 11) is 0. The lowest BCUT2D eigenvalue weighted by atomic mass is 9.92. The van der Waals surface area contributed by atoms with E-state index in [9.17, 15) is 9.59 Å². The van der Waals surface area contributed by atoms with E-state index in [2.05, 4.69) is 38.3 Å². The second-order valence-corrected chi connectivity index (χ2v) is 7.55. The van der Waals surface area contributed by atoms with Crippen molar-refractivity contribution in [1.29, 1.82) is 0 Å². The predicted molar refractivity (Wildman–Crippen MR) is 113 cm³/mol. The van der Waals surface area contributed by atoms with E-state index in [1.807, 2.05) is 49.4 Å². The van der Waals surface area contributed by atoms with Crippen LogP contribution in [-0.4, -0.2) is 25.0 Å². The van der Waals surface area contributed by atoms with Gasteiger partial charge in [-0.3, -0.25) is 9.59 Å². The smallest absolute Gasteiger partial charge is 0.258 e. The molecule has 0 unspecified atom stereocenters. The average Bonchev–Trinajstić information content (AvgIpc) is 2.65. The minimum absolute atomic E-state index is 0.0972. The third-order valence-electron chi connectivity index (χ3n) is 4.47. The maximum absolute atomic E-state index is 12.4. The lowest BCUT2D eigenvalue weighted by Gasteiger charge is -2.20. The molecular weight excluding hydrogens is 352 g/mol. The van der Waals surface area contributed by atoms with Gasteiger partial charge in [-0.05, 0) is 42.0 Å². The molecule has 150 valence electrons. The van der Waals surface area contributed by atoms with Gasteiger partial charge >= 0.3 is 0 Å². The summed E-state index contributed by atoms with van der Waals surface area (Å²) >= 11 is 0. The molecule has 28 heavy (non-hydrogen) atoms. The lowest BCUT2D eigenvalue weighted by Crippen LogP contribution is -2.36. The highest BCUT2D eigenvalue weighted by molar-refractivity contribution is 5.96. The standard InChI is InChI=1S/C23H30N2O3/c1-15(2)19-7-6-8-20(16(3)4)23(19)25-21(26)13-24-22(27)14-28-18-11-9-17(5)10-12-18/h6-12,15-16H,13-14H2,1-5H3,(H,24,27)(H,25,26). The van der Waals surface area contributed by atoms with Crippen LogP contribution >= 0.6 is 0 Å². The summed E-state index contributed by atoms with van der Waals surface area (Å²) in [4.78, 5) is 24.4. The van der Waals surface area contributed by atoms with Crippen LogP contribution in [0.5, 0.6) is 5.75 Å². The first-order valence-electron chi connectivity index (χ1n) is 9.66. The fourth-order valence-electron chi connectivity index (χ4n) is 2.89. The average molecular weight is 383 g/mol. The van der Waals surface area contributed by atoms with E-state index in [0.29, 0.717) is 5.75 Å². The number of hydrogen-bond acceptors (Lipinski definition) is 3. The SMILES string of the molecule is Cc1ccc(OCC(=O)NCC(=O)Nc2c(C(C)C)cccc2C(C)C)cc1. The number of para-hydroxylation sites is 1. The number of carbonyl (C=O) groups is 2. The Kier molecular flexibility index (Phi) is 7.61. The van der Waals surface area contributed by atoms with Crippen LogP contribution in [0.3, 0.4) is 0 Å². The zero-order chi connectivity index (χ0) is 20.7. The predicted octanol–water partition coefficient (Wildman–Crippen LogP) is 4.38. The molecule has 0 fully saturated rings. The lowest BCUT2D eigenvalue weighted by molar-refractivity contribution is -0.125. The van der Waals surface area contributed by atoms with E-state index in [-0.39, 0.29) is 36.8 Å². The molecule has 0 aliphatic carbocycles. The molecule has 2 aromatic carbocycles. The molecule has 0 saturated carbocycles. The molecule has 0 heterocycles. The highest BCUT2D eigenvalue weighted by Gasteiger charge is 2.16. The molecule has 0 saturated heterocycles. The minimum atomic E-state index is -0.336. The van der Waals surface area contributed by atoms with Gasteiger partial charge in [-0.15, -0.1) is 0 Å². The minimum Gasteiger partial charge on any atom is -0.484 e. The topological polar surface area (TPSA) is 67.4 Å². The Morgan fingerprint density at radius 2 is 1.46 bits per heavy atom. The second-order valence-electron chi connectivity index (χ2n) is 7.55. The van der Waals surface area contributed by atoms with Crippen molar-refractivity contribution in [1.82, 2.24) is 5.32 Å². The third-order valence-corrected chi connectivity index (χ3v) is 4.47. The molecule has 0 aromatic heterocycles. The van der Waals surface area contributed by atoms with Crippen molar-refractivity contribution in [3.63, 3.8) is 0 Å². The van der Waals surface area contributed by atoms with Gasteiger partial charge in [0.1, 0.15) is 5.75 Å². The Bertz CT molecular complexity index is 785. The van der Waals surface area contributed by atoms with Crippen molar-refractivity contribution in [3.8, 4) is 5.75 Å². The number of hydrogen-bond donors (Lipinski definition) is 2. The van der Waals surface area contributed by atoms with Crippen LogP contribution in [0, 0.1) is 6.92 Å². The van der Waals surface area contributed by atoms with Crippen molar-refractivity contribution in [2.75, 3.05) is 18.5 Å². The number of nitrogens with one attached hydrogen (secondary N) is 2. The van der Waals surface area contributed by atoms with Gasteiger partial charge in [0.25, 0.3) is 5.91 Å². The number of carbonyl (C=O) groups excluding carboxylic acids is 2. The number of anilines is 1. The molecule has 2 aromatic rings. The van der Waals surface area contributed by atoms with Gasteiger partial charge in [-0.1, -0.05) is 63.6 Å². The molecule has 5 heteroatoms. The number of rotatable bonds is 8. The summed E-state index contributed by atoms with van der Waals surface area (Å²) < 4.78 is 5.43. The molecular formula is C23H30N2O3. The van der Waals surface area contributed by atoms with Gasteiger partial charge in [0.2, 0.25) is 5.91 Å². The van der Waals surface area contributed by atoms with E-state index in [0.717, 1.165) is 22.4 Å². The largest absolute Gasteiger partial charge is 0.484 e. The van der Waals surface area contributed by atoms with Crippen molar-refractivity contribution in [2.45, 2.75) is 46.5 Å². The molecule has 2 N–H and O–H groups in total. The van der Waals surface area contributed by atoms with Crippen LogP contribution < -0.4 is 15.4 Å². The molecule has 0 bridgehead atoms. The van der Waals surface area contributed by atoms with Crippen molar-refractivity contribution in [2.24, 2.45) is 0 Å². The molecule has 2 rings (SSSR count). The molecule has 2 amide bonds. The summed E-state index contributed by atoms with van der Waals surface area (Å²) in [6.07, 6.45) is 0. The van der Waals surface area contributed by atoms with Crippen LogP contribution in [0.15, 0.2) is 42.5 Å². The zero-order valence-electron chi connectivity index (χ0n) is 17.3. The van der Waals surface area contributed by atoms with E-state index in [4.69, 9.17) is 4.74 Å². The van der Waals surface area contributed by atoms with Gasteiger partial charge in [0, 0.05) is 5.69 Å². The van der Waals surface area contributed by atoms with Gasteiger partial charge in [0.05, 0.1) is 6.54 Å². The van der Waals surface area contributed by atoms with Crippen LogP contribution in [0.4, 0.5) is 5.69 Å². The molecule has 0 aliphatic rings. The summed E-state index contributed by atoms with van der Waals surface area (Å²) in [5.41, 5.74) is 4.15. The monoisotopic (exact) mass is 382 g/mol. The summed E-state index contributed by atoms with van der Waals surface area (Å²) in [5.74, 6) is 0.603. The van der Waals surface area contributed by atoms with Crippen molar-refractivity contribution >= 4 is 17.5 Å². The quantitative estimate of drug-likeness (QED) is 0.712. The summed E-state index contributed by atoms with van der Waals surface area (Å²) in [5, 5.41) is 5.59. The first-order chi connectivity index (χ1) is 13.3. The Labute approximate surface area is 167 Å². The van der Waals surface area contributed by atoms with Gasteiger partial charge in [-0.2, -0.15) is 0 Å². The maximum Gasteiger partial charge on any atom is 0.258 e. The van der Waals surface area contributed by atoms with Gasteiger partial charge in [0.15, 0.2) is 6.61 Å². The van der Waals surface area contributed by atoms with E-state index in [1.165, 1.54) is 0 Å². The molecule has 0 radical (unpaired) electrons. The molecule has 5 nitrogen and oxygen atoms in total. The summed E-state index contributed by atoms with van der Waals surface area (Å²) in [6.45, 7) is 10.1. The first kappa shape index (κ1) is 21.5. The maximum atomic E-state index is 12.4. The first-order valence-corrected chi connectivity index (χ1v) is 9.66. The third kappa shape index (κ3) is 6.12. The van der Waals surface area contributed by atoms with Gasteiger partial charge < -0.3 is 15.4 Å². The number of amides is 2. The molecule has 0 aliphatic heterocycles. The Morgan fingerprint density at radius 3 is 2.00 bits per heavy atom. The highest BCUT2D eigenvalue weighted by atomic mass is 16.5. The molecule has 0 atom stereocenters. The van der Waals surface area contributed by atoms with Crippen LogP contribution in [-0.2, 0) is 9.59 Å². The van der Waals surface area contributed by atoms with E-state index < -0.39 is 0 Å². The number of ether oxygens (including phenoxy) is 1. The highest BCUT2D eigenvalue weighted by Crippen LogP contribution is 2.32. The fourth-order valence-corrected chi connectivity index (χ4v) is 2.89. The Balaban J connectivity index is 1.91. The zero-order valence-corrected chi connectivity index (χ0v) is 17.3. The van der Waals surface area contributed by atoms with Crippen LogP contribution in [0.25, 0.3) is 0 Å². The Morgan fingerprint density at radius 1 is 0.893 bits per heavy atom. The molecule has 0 spiro atoms.